The van der Waals surface area contributed by atoms with Crippen LogP contribution in [0.5, 0.6) is 0 Å². The van der Waals surface area contributed by atoms with Crippen LogP contribution in [0, 0.1) is 0 Å². The van der Waals surface area contributed by atoms with E-state index >= 15 is 0 Å². The minimum Gasteiger partial charge on any atom is -0.344 e. The molecule has 1 saturated heterocycles. The summed E-state index contributed by atoms with van der Waals surface area (Å²) >= 11 is 0. The Balaban J connectivity index is 1.93. The fourth-order valence-corrected chi connectivity index (χ4v) is 2.85. The second kappa shape index (κ2) is 6.86. The van der Waals surface area contributed by atoms with E-state index in [2.05, 4.69) is 11.9 Å². The third kappa shape index (κ3) is 3.58. The fourth-order valence-electron chi connectivity index (χ4n) is 2.85. The number of likely N-dealkylation sites (N-methyl/N-ethyl adjacent to an activating group) is 2. The van der Waals surface area contributed by atoms with E-state index in [1.165, 1.54) is 12.8 Å². The highest BCUT2D eigenvalue weighted by atomic mass is 16.2. The number of benzene rings is 1. The SMILES string of the molecule is CN(CC1CCCN1C)C(=O)Cc1ccccc1CN. The van der Waals surface area contributed by atoms with E-state index < -0.39 is 0 Å². The lowest BCUT2D eigenvalue weighted by Gasteiger charge is -2.26. The van der Waals surface area contributed by atoms with Crippen LogP contribution in [0.1, 0.15) is 24.0 Å². The van der Waals surface area contributed by atoms with E-state index in [-0.39, 0.29) is 5.91 Å². The monoisotopic (exact) mass is 275 g/mol. The molecule has 0 saturated carbocycles. The van der Waals surface area contributed by atoms with Gasteiger partial charge in [-0.25, -0.2) is 0 Å². The third-order valence-electron chi connectivity index (χ3n) is 4.26. The van der Waals surface area contributed by atoms with Crippen molar-refractivity contribution in [2.75, 3.05) is 27.2 Å². The van der Waals surface area contributed by atoms with Gasteiger partial charge in [-0.05, 0) is 37.6 Å². The van der Waals surface area contributed by atoms with Gasteiger partial charge >= 0.3 is 0 Å². The number of carbonyl (C=O) groups is 1. The molecule has 4 nitrogen and oxygen atoms in total. The van der Waals surface area contributed by atoms with Gasteiger partial charge in [0.25, 0.3) is 0 Å². The quantitative estimate of drug-likeness (QED) is 0.879. The zero-order chi connectivity index (χ0) is 14.5. The van der Waals surface area contributed by atoms with Crippen molar-refractivity contribution in [1.82, 2.24) is 9.80 Å². The Morgan fingerprint density at radius 3 is 2.70 bits per heavy atom. The number of hydrogen-bond acceptors (Lipinski definition) is 3. The van der Waals surface area contributed by atoms with Gasteiger partial charge in [0.15, 0.2) is 0 Å². The molecule has 2 rings (SSSR count). The Morgan fingerprint density at radius 2 is 2.10 bits per heavy atom. The van der Waals surface area contributed by atoms with Crippen LogP contribution >= 0.6 is 0 Å². The summed E-state index contributed by atoms with van der Waals surface area (Å²) in [4.78, 5) is 16.5. The molecular formula is C16H25N3O. The minimum absolute atomic E-state index is 0.172. The lowest BCUT2D eigenvalue weighted by molar-refractivity contribution is -0.129. The minimum atomic E-state index is 0.172. The van der Waals surface area contributed by atoms with E-state index in [4.69, 9.17) is 5.73 Å². The zero-order valence-electron chi connectivity index (χ0n) is 12.5. The first-order valence-electron chi connectivity index (χ1n) is 7.33. The molecular weight excluding hydrogens is 250 g/mol. The lowest BCUT2D eigenvalue weighted by atomic mass is 10.0. The molecule has 0 bridgehead atoms. The Kier molecular flexibility index (Phi) is 5.15. The van der Waals surface area contributed by atoms with Gasteiger partial charge < -0.3 is 15.5 Å². The highest BCUT2D eigenvalue weighted by Gasteiger charge is 2.23. The summed E-state index contributed by atoms with van der Waals surface area (Å²) in [6.07, 6.45) is 2.87. The van der Waals surface area contributed by atoms with Crippen molar-refractivity contribution in [1.29, 1.82) is 0 Å². The summed E-state index contributed by atoms with van der Waals surface area (Å²) in [6.45, 7) is 2.45. The maximum Gasteiger partial charge on any atom is 0.226 e. The Bertz CT molecular complexity index is 461. The van der Waals surface area contributed by atoms with E-state index in [9.17, 15) is 4.79 Å². The molecule has 2 N–H and O–H groups in total. The van der Waals surface area contributed by atoms with Crippen LogP contribution in [-0.2, 0) is 17.8 Å². The third-order valence-corrected chi connectivity index (χ3v) is 4.26. The van der Waals surface area contributed by atoms with Gasteiger partial charge in [-0.15, -0.1) is 0 Å². The van der Waals surface area contributed by atoms with E-state index in [1.807, 2.05) is 36.2 Å². The van der Waals surface area contributed by atoms with Gasteiger partial charge in [-0.3, -0.25) is 4.79 Å². The molecule has 4 heteroatoms. The summed E-state index contributed by atoms with van der Waals surface area (Å²) in [6, 6.07) is 8.43. The lowest BCUT2D eigenvalue weighted by Crippen LogP contribution is -2.40. The Hall–Kier alpha value is -1.39. The number of nitrogens with zero attached hydrogens (tertiary/aromatic N) is 2. The zero-order valence-corrected chi connectivity index (χ0v) is 12.5. The van der Waals surface area contributed by atoms with Gasteiger partial charge in [0.2, 0.25) is 5.91 Å². The Morgan fingerprint density at radius 1 is 1.40 bits per heavy atom. The van der Waals surface area contributed by atoms with Crippen LogP contribution in [0.4, 0.5) is 0 Å². The summed E-state index contributed by atoms with van der Waals surface area (Å²) in [5, 5.41) is 0. The summed E-state index contributed by atoms with van der Waals surface area (Å²) in [7, 11) is 4.04. The average Bonchev–Trinajstić information content (AvgIpc) is 2.84. The molecule has 1 amide bonds. The number of carbonyl (C=O) groups excluding carboxylic acids is 1. The van der Waals surface area contributed by atoms with Crippen molar-refractivity contribution in [3.05, 3.63) is 35.4 Å². The van der Waals surface area contributed by atoms with E-state index in [0.29, 0.717) is 19.0 Å². The van der Waals surface area contributed by atoms with Crippen molar-refractivity contribution >= 4 is 5.91 Å². The topological polar surface area (TPSA) is 49.6 Å². The molecule has 0 aliphatic carbocycles. The van der Waals surface area contributed by atoms with Gasteiger partial charge in [-0.2, -0.15) is 0 Å². The predicted octanol–water partition coefficient (Wildman–Crippen LogP) is 1.24. The first-order valence-corrected chi connectivity index (χ1v) is 7.33. The highest BCUT2D eigenvalue weighted by molar-refractivity contribution is 5.78. The number of amides is 1. The normalized spacial score (nSPS) is 19.2. The summed E-state index contributed by atoms with van der Waals surface area (Å²) in [5.74, 6) is 0.172. The first kappa shape index (κ1) is 15.0. The summed E-state index contributed by atoms with van der Waals surface area (Å²) < 4.78 is 0. The molecule has 20 heavy (non-hydrogen) atoms. The van der Waals surface area contributed by atoms with Crippen LogP contribution in [0.2, 0.25) is 0 Å². The van der Waals surface area contributed by atoms with Gasteiger partial charge in [-0.1, -0.05) is 24.3 Å². The van der Waals surface area contributed by atoms with Crippen molar-refractivity contribution < 1.29 is 4.79 Å². The number of hydrogen-bond donors (Lipinski definition) is 1. The van der Waals surface area contributed by atoms with Crippen LogP contribution < -0.4 is 5.73 Å². The maximum atomic E-state index is 12.3. The molecule has 0 radical (unpaired) electrons. The number of rotatable bonds is 5. The van der Waals surface area contributed by atoms with Crippen molar-refractivity contribution in [3.63, 3.8) is 0 Å². The first-order chi connectivity index (χ1) is 9.61. The molecule has 0 spiro atoms. The van der Waals surface area contributed by atoms with Gasteiger partial charge in [0, 0.05) is 26.2 Å². The highest BCUT2D eigenvalue weighted by Crippen LogP contribution is 2.16. The van der Waals surface area contributed by atoms with Gasteiger partial charge in [0.05, 0.1) is 6.42 Å². The van der Waals surface area contributed by atoms with Crippen molar-refractivity contribution in [2.24, 2.45) is 5.73 Å². The second-order valence-electron chi connectivity index (χ2n) is 5.70. The number of nitrogens with two attached hydrogens (primary N) is 1. The largest absolute Gasteiger partial charge is 0.344 e. The van der Waals surface area contributed by atoms with Crippen LogP contribution in [0.25, 0.3) is 0 Å². The molecule has 1 aliphatic rings. The van der Waals surface area contributed by atoms with E-state index in [1.54, 1.807) is 0 Å². The maximum absolute atomic E-state index is 12.3. The van der Waals surface area contributed by atoms with Crippen LogP contribution in [-0.4, -0.2) is 48.9 Å². The fraction of sp³-hybridized carbons (Fsp3) is 0.562. The molecule has 1 fully saturated rings. The molecule has 1 unspecified atom stereocenters. The van der Waals surface area contributed by atoms with Crippen molar-refractivity contribution in [2.45, 2.75) is 31.8 Å². The predicted molar refractivity (Wildman–Crippen MR) is 81.3 cm³/mol. The molecule has 1 atom stereocenters. The smallest absolute Gasteiger partial charge is 0.226 e. The van der Waals surface area contributed by atoms with Crippen LogP contribution in [0.15, 0.2) is 24.3 Å². The molecule has 1 aromatic carbocycles. The summed E-state index contributed by atoms with van der Waals surface area (Å²) in [5.41, 5.74) is 7.83. The Labute approximate surface area is 121 Å². The molecule has 1 aliphatic heterocycles. The van der Waals surface area contributed by atoms with E-state index in [0.717, 1.165) is 24.2 Å². The second-order valence-corrected chi connectivity index (χ2v) is 5.70. The van der Waals surface area contributed by atoms with Gasteiger partial charge in [0.1, 0.15) is 0 Å². The molecule has 1 heterocycles. The number of likely N-dealkylation sites (tertiary alicyclic amines) is 1. The molecule has 1 aromatic rings. The standard InChI is InChI=1S/C16H25N3O/c1-18-9-5-8-15(18)12-19(2)16(20)10-13-6-3-4-7-14(13)11-17/h3-4,6-7,15H,5,8-12,17H2,1-2H3. The molecule has 110 valence electrons. The molecule has 0 aromatic heterocycles. The van der Waals surface area contributed by atoms with Crippen LogP contribution in [0.3, 0.4) is 0 Å². The van der Waals surface area contributed by atoms with Crippen molar-refractivity contribution in [3.8, 4) is 0 Å². The average molecular weight is 275 g/mol.